The molecule has 1 amide bonds. The van der Waals surface area contributed by atoms with Gasteiger partial charge < -0.3 is 10.0 Å². The first kappa shape index (κ1) is 15.0. The summed E-state index contributed by atoms with van der Waals surface area (Å²) in [6.45, 7) is 8.30. The normalized spacial score (nSPS) is 21.3. The molecule has 0 atom stereocenters. The first-order valence-corrected chi connectivity index (χ1v) is 6.77. The molecule has 4 nitrogen and oxygen atoms in total. The second kappa shape index (κ2) is 5.29. The minimum absolute atomic E-state index is 0.126. The highest BCUT2D eigenvalue weighted by molar-refractivity contribution is 5.86. The number of carboxylic acid groups (broad SMARTS) is 1. The molecule has 1 saturated carbocycles. The Morgan fingerprint density at radius 3 is 2.00 bits per heavy atom. The minimum Gasteiger partial charge on any atom is -0.479 e. The number of hydrogen-bond donors (Lipinski definition) is 1. The van der Waals surface area contributed by atoms with Gasteiger partial charge in [0, 0.05) is 13.5 Å². The highest BCUT2D eigenvalue weighted by Crippen LogP contribution is 2.43. The zero-order valence-electron chi connectivity index (χ0n) is 12.0. The van der Waals surface area contributed by atoms with Gasteiger partial charge in [-0.15, -0.1) is 0 Å². The Hall–Kier alpha value is -1.06. The molecule has 0 aliphatic heterocycles. The van der Waals surface area contributed by atoms with Crippen LogP contribution in [0.5, 0.6) is 0 Å². The zero-order valence-corrected chi connectivity index (χ0v) is 12.0. The number of rotatable bonds is 4. The quantitative estimate of drug-likeness (QED) is 0.840. The summed E-state index contributed by atoms with van der Waals surface area (Å²) in [6, 6.07) is 0. The smallest absolute Gasteiger partial charge is 0.329 e. The monoisotopic (exact) mass is 255 g/mol. The summed E-state index contributed by atoms with van der Waals surface area (Å²) in [5, 5.41) is 9.61. The molecule has 0 bridgehead atoms. The number of carbonyl (C=O) groups excluding carboxylic acids is 1. The van der Waals surface area contributed by atoms with E-state index in [4.69, 9.17) is 0 Å². The van der Waals surface area contributed by atoms with E-state index in [2.05, 4.69) is 13.8 Å². The second-order valence-electron chi connectivity index (χ2n) is 6.17. The van der Waals surface area contributed by atoms with E-state index in [0.717, 1.165) is 19.3 Å². The van der Waals surface area contributed by atoms with Crippen LogP contribution in [0.3, 0.4) is 0 Å². The molecule has 1 aliphatic rings. The van der Waals surface area contributed by atoms with Gasteiger partial charge in [0.15, 0.2) is 0 Å². The molecular weight excluding hydrogens is 230 g/mol. The van der Waals surface area contributed by atoms with Crippen LogP contribution in [0.1, 0.15) is 59.8 Å². The van der Waals surface area contributed by atoms with E-state index in [9.17, 15) is 14.7 Å². The van der Waals surface area contributed by atoms with Gasteiger partial charge in [0.1, 0.15) is 5.54 Å². The van der Waals surface area contributed by atoms with Crippen molar-refractivity contribution in [3.8, 4) is 0 Å². The van der Waals surface area contributed by atoms with Gasteiger partial charge in [-0.1, -0.05) is 20.8 Å². The molecule has 18 heavy (non-hydrogen) atoms. The van der Waals surface area contributed by atoms with E-state index in [0.29, 0.717) is 19.4 Å². The van der Waals surface area contributed by atoms with Crippen LogP contribution in [0, 0.1) is 5.41 Å². The van der Waals surface area contributed by atoms with Gasteiger partial charge in [-0.25, -0.2) is 4.79 Å². The molecule has 0 aromatic carbocycles. The van der Waals surface area contributed by atoms with E-state index in [1.807, 2.05) is 6.92 Å². The lowest BCUT2D eigenvalue weighted by Gasteiger charge is -2.47. The van der Waals surface area contributed by atoms with Gasteiger partial charge in [-0.05, 0) is 37.5 Å². The van der Waals surface area contributed by atoms with Crippen LogP contribution < -0.4 is 0 Å². The van der Waals surface area contributed by atoms with Crippen molar-refractivity contribution in [3.63, 3.8) is 0 Å². The van der Waals surface area contributed by atoms with Crippen LogP contribution in [-0.4, -0.2) is 34.0 Å². The fourth-order valence-corrected chi connectivity index (χ4v) is 2.84. The number of carboxylic acids is 1. The molecule has 1 rings (SSSR count). The van der Waals surface area contributed by atoms with Gasteiger partial charge in [0.2, 0.25) is 5.91 Å². The number of aliphatic carboxylic acids is 1. The summed E-state index contributed by atoms with van der Waals surface area (Å²) in [5.74, 6) is -0.972. The number of hydrogen-bond acceptors (Lipinski definition) is 2. The molecule has 104 valence electrons. The van der Waals surface area contributed by atoms with Crippen LogP contribution in [0.4, 0.5) is 0 Å². The fraction of sp³-hybridized carbons (Fsp3) is 0.857. The first-order valence-electron chi connectivity index (χ1n) is 6.77. The third-order valence-electron chi connectivity index (χ3n) is 4.17. The molecule has 0 spiro atoms. The van der Waals surface area contributed by atoms with Crippen LogP contribution in [0.2, 0.25) is 0 Å². The van der Waals surface area contributed by atoms with E-state index in [1.165, 1.54) is 6.92 Å². The molecule has 0 unspecified atom stereocenters. The van der Waals surface area contributed by atoms with Gasteiger partial charge >= 0.3 is 5.97 Å². The van der Waals surface area contributed by atoms with Crippen molar-refractivity contribution < 1.29 is 14.7 Å². The molecular formula is C14H25NO3. The van der Waals surface area contributed by atoms with Gasteiger partial charge in [-0.2, -0.15) is 0 Å². The minimum atomic E-state index is -0.975. The standard InChI is InChI=1S/C14H25NO3/c1-5-10-15(11(2)16)14(12(17)18)8-6-13(3,4)7-9-14/h5-10H2,1-4H3,(H,17,18). The molecule has 0 aromatic rings. The molecule has 1 N–H and O–H groups in total. The largest absolute Gasteiger partial charge is 0.479 e. The van der Waals surface area contributed by atoms with Crippen molar-refractivity contribution in [2.24, 2.45) is 5.41 Å². The van der Waals surface area contributed by atoms with Crippen molar-refractivity contribution >= 4 is 11.9 Å². The topological polar surface area (TPSA) is 57.6 Å². The van der Waals surface area contributed by atoms with E-state index in [-0.39, 0.29) is 11.3 Å². The Kier molecular flexibility index (Phi) is 4.41. The highest BCUT2D eigenvalue weighted by Gasteiger charge is 2.49. The average Bonchev–Trinajstić information content (AvgIpc) is 2.26. The lowest BCUT2D eigenvalue weighted by Crippen LogP contribution is -2.59. The zero-order chi connectivity index (χ0) is 14.0. The van der Waals surface area contributed by atoms with Crippen LogP contribution in [-0.2, 0) is 9.59 Å². The summed E-state index contributed by atoms with van der Waals surface area (Å²) in [7, 11) is 0. The van der Waals surface area contributed by atoms with E-state index < -0.39 is 11.5 Å². The Balaban J connectivity index is 3.01. The third kappa shape index (κ3) is 2.85. The molecule has 4 heteroatoms. The van der Waals surface area contributed by atoms with Crippen molar-refractivity contribution in [2.75, 3.05) is 6.54 Å². The molecule has 0 radical (unpaired) electrons. The third-order valence-corrected chi connectivity index (χ3v) is 4.17. The van der Waals surface area contributed by atoms with Crippen LogP contribution in [0.15, 0.2) is 0 Å². The second-order valence-corrected chi connectivity index (χ2v) is 6.17. The molecule has 0 saturated heterocycles. The summed E-state index contributed by atoms with van der Waals surface area (Å²) in [6.07, 6.45) is 3.63. The Morgan fingerprint density at radius 1 is 1.17 bits per heavy atom. The SMILES string of the molecule is CCCN(C(C)=O)C1(C(=O)O)CCC(C)(C)CC1. The summed E-state index contributed by atoms with van der Waals surface area (Å²) >= 11 is 0. The lowest BCUT2D eigenvalue weighted by molar-refractivity contribution is -0.163. The van der Waals surface area contributed by atoms with Crippen molar-refractivity contribution in [1.82, 2.24) is 4.90 Å². The number of nitrogens with zero attached hydrogens (tertiary/aromatic N) is 1. The first-order chi connectivity index (χ1) is 8.25. The molecule has 0 heterocycles. The van der Waals surface area contributed by atoms with Crippen molar-refractivity contribution in [1.29, 1.82) is 0 Å². The lowest BCUT2D eigenvalue weighted by atomic mass is 9.68. The predicted octanol–water partition coefficient (Wildman–Crippen LogP) is 2.67. The Labute approximate surface area is 109 Å². The fourth-order valence-electron chi connectivity index (χ4n) is 2.84. The maximum atomic E-state index is 11.8. The molecule has 1 fully saturated rings. The summed E-state index contributed by atoms with van der Waals surface area (Å²) < 4.78 is 0. The van der Waals surface area contributed by atoms with E-state index >= 15 is 0 Å². The summed E-state index contributed by atoms with van der Waals surface area (Å²) in [5.41, 5.74) is -0.787. The van der Waals surface area contributed by atoms with Gasteiger partial charge in [0.05, 0.1) is 0 Å². The average molecular weight is 255 g/mol. The Morgan fingerprint density at radius 2 is 1.67 bits per heavy atom. The van der Waals surface area contributed by atoms with Crippen molar-refractivity contribution in [2.45, 2.75) is 65.3 Å². The van der Waals surface area contributed by atoms with Crippen LogP contribution in [0.25, 0.3) is 0 Å². The molecule has 0 aromatic heterocycles. The molecule has 1 aliphatic carbocycles. The summed E-state index contributed by atoms with van der Waals surface area (Å²) in [4.78, 5) is 25.1. The highest BCUT2D eigenvalue weighted by atomic mass is 16.4. The number of carbonyl (C=O) groups is 2. The van der Waals surface area contributed by atoms with Gasteiger partial charge in [0.25, 0.3) is 0 Å². The van der Waals surface area contributed by atoms with Crippen molar-refractivity contribution in [3.05, 3.63) is 0 Å². The Bertz CT molecular complexity index is 326. The maximum Gasteiger partial charge on any atom is 0.329 e. The van der Waals surface area contributed by atoms with Gasteiger partial charge in [-0.3, -0.25) is 4.79 Å². The number of amides is 1. The van der Waals surface area contributed by atoms with E-state index in [1.54, 1.807) is 4.90 Å². The van der Waals surface area contributed by atoms with Crippen LogP contribution >= 0.6 is 0 Å². The maximum absolute atomic E-state index is 11.8. The predicted molar refractivity (Wildman–Crippen MR) is 70.3 cm³/mol.